The number of hydrogen-bond acceptors (Lipinski definition) is 1. The molecule has 1 aromatic carbocycles. The molecule has 0 spiro atoms. The van der Waals surface area contributed by atoms with E-state index in [1.807, 2.05) is 24.3 Å². The zero-order valence-corrected chi connectivity index (χ0v) is 8.17. The summed E-state index contributed by atoms with van der Waals surface area (Å²) in [6, 6.07) is 8.01. The first-order valence-electron chi connectivity index (χ1n) is 4.05. The van der Waals surface area contributed by atoms with Crippen LogP contribution < -0.4 is 0 Å². The summed E-state index contributed by atoms with van der Waals surface area (Å²) in [5.74, 6) is 0.565. The average Bonchev–Trinajstić information content (AvgIpc) is 2.02. The van der Waals surface area contributed by atoms with Crippen LogP contribution in [-0.2, 0) is 4.79 Å². The van der Waals surface area contributed by atoms with E-state index in [4.69, 9.17) is 0 Å². The molecule has 0 bridgehead atoms. The minimum atomic E-state index is 0.183. The van der Waals surface area contributed by atoms with Crippen LogP contribution >= 0.6 is 15.9 Å². The van der Waals surface area contributed by atoms with Crippen LogP contribution in [0.4, 0.5) is 0 Å². The Bertz CT molecular complexity index is 319. The fourth-order valence-corrected chi connectivity index (χ4v) is 1.90. The van der Waals surface area contributed by atoms with Gasteiger partial charge in [-0.05, 0) is 24.1 Å². The van der Waals surface area contributed by atoms with Gasteiger partial charge in [-0.15, -0.1) is 0 Å². The molecular weight excluding hydrogens is 216 g/mol. The molecule has 62 valence electrons. The van der Waals surface area contributed by atoms with Gasteiger partial charge in [0.15, 0.2) is 0 Å². The van der Waals surface area contributed by atoms with Crippen LogP contribution in [-0.4, -0.2) is 5.78 Å². The van der Waals surface area contributed by atoms with Crippen molar-refractivity contribution in [1.29, 1.82) is 0 Å². The Kier molecular flexibility index (Phi) is 2.01. The molecule has 2 rings (SSSR count). The Labute approximate surface area is 79.9 Å². The number of carbonyl (C=O) groups is 1. The van der Waals surface area contributed by atoms with E-state index in [-0.39, 0.29) is 5.92 Å². The van der Waals surface area contributed by atoms with E-state index in [0.717, 1.165) is 22.9 Å². The van der Waals surface area contributed by atoms with E-state index in [2.05, 4.69) is 15.9 Å². The van der Waals surface area contributed by atoms with E-state index in [0.29, 0.717) is 5.78 Å². The zero-order chi connectivity index (χ0) is 8.55. The third-order valence-electron chi connectivity index (χ3n) is 2.32. The SMILES string of the molecule is O=C1CCC1c1cccc(Br)c1. The second-order valence-electron chi connectivity index (χ2n) is 3.11. The van der Waals surface area contributed by atoms with Gasteiger partial charge in [0.2, 0.25) is 0 Å². The van der Waals surface area contributed by atoms with Crippen molar-refractivity contribution in [2.24, 2.45) is 0 Å². The first-order valence-corrected chi connectivity index (χ1v) is 4.85. The minimum absolute atomic E-state index is 0.183. The monoisotopic (exact) mass is 224 g/mol. The molecule has 1 aliphatic rings. The molecule has 0 aliphatic heterocycles. The molecule has 1 fully saturated rings. The average molecular weight is 225 g/mol. The van der Waals surface area contributed by atoms with Crippen molar-refractivity contribution >= 4 is 21.7 Å². The molecule has 1 aromatic rings. The highest BCUT2D eigenvalue weighted by atomic mass is 79.9. The summed E-state index contributed by atoms with van der Waals surface area (Å²) in [5.41, 5.74) is 1.15. The molecule has 0 N–H and O–H groups in total. The number of hydrogen-bond donors (Lipinski definition) is 0. The Morgan fingerprint density at radius 2 is 2.25 bits per heavy atom. The van der Waals surface area contributed by atoms with Gasteiger partial charge in [0.05, 0.1) is 0 Å². The zero-order valence-electron chi connectivity index (χ0n) is 6.59. The molecule has 1 atom stereocenters. The minimum Gasteiger partial charge on any atom is -0.299 e. The molecule has 0 radical (unpaired) electrons. The molecule has 0 heterocycles. The van der Waals surface area contributed by atoms with Gasteiger partial charge in [-0.25, -0.2) is 0 Å². The smallest absolute Gasteiger partial charge is 0.140 e. The van der Waals surface area contributed by atoms with Crippen LogP contribution in [0.1, 0.15) is 24.3 Å². The van der Waals surface area contributed by atoms with Gasteiger partial charge >= 0.3 is 0 Å². The van der Waals surface area contributed by atoms with E-state index in [1.165, 1.54) is 0 Å². The van der Waals surface area contributed by atoms with Crippen molar-refractivity contribution in [3.63, 3.8) is 0 Å². The van der Waals surface area contributed by atoms with Gasteiger partial charge in [0, 0.05) is 16.8 Å². The molecule has 1 saturated carbocycles. The summed E-state index contributed by atoms with van der Waals surface area (Å²) in [6.45, 7) is 0. The predicted molar refractivity (Wildman–Crippen MR) is 51.1 cm³/mol. The van der Waals surface area contributed by atoms with Gasteiger partial charge in [0.1, 0.15) is 5.78 Å². The third kappa shape index (κ3) is 1.31. The number of carbonyl (C=O) groups excluding carboxylic acids is 1. The number of rotatable bonds is 1. The lowest BCUT2D eigenvalue weighted by molar-refractivity contribution is -0.125. The molecule has 0 amide bonds. The Hall–Kier alpha value is -0.630. The first kappa shape index (κ1) is 7.99. The molecule has 1 aliphatic carbocycles. The lowest BCUT2D eigenvalue weighted by Crippen LogP contribution is -2.22. The van der Waals surface area contributed by atoms with Crippen LogP contribution in [0.25, 0.3) is 0 Å². The molecule has 1 unspecified atom stereocenters. The quantitative estimate of drug-likeness (QED) is 0.718. The van der Waals surface area contributed by atoms with Crippen molar-refractivity contribution in [3.8, 4) is 0 Å². The molecular formula is C10H9BrO. The van der Waals surface area contributed by atoms with Crippen LogP contribution in [0.2, 0.25) is 0 Å². The van der Waals surface area contributed by atoms with E-state index in [9.17, 15) is 4.79 Å². The molecule has 0 aromatic heterocycles. The molecule has 12 heavy (non-hydrogen) atoms. The number of benzene rings is 1. The Morgan fingerprint density at radius 3 is 2.75 bits per heavy atom. The summed E-state index contributed by atoms with van der Waals surface area (Å²) in [5, 5.41) is 0. The van der Waals surface area contributed by atoms with Crippen molar-refractivity contribution < 1.29 is 4.79 Å². The van der Waals surface area contributed by atoms with Crippen molar-refractivity contribution in [3.05, 3.63) is 34.3 Å². The van der Waals surface area contributed by atoms with Gasteiger partial charge < -0.3 is 0 Å². The fourth-order valence-electron chi connectivity index (χ4n) is 1.48. The summed E-state index contributed by atoms with van der Waals surface area (Å²) in [6.07, 6.45) is 1.78. The van der Waals surface area contributed by atoms with Gasteiger partial charge in [0.25, 0.3) is 0 Å². The van der Waals surface area contributed by atoms with E-state index in [1.54, 1.807) is 0 Å². The molecule has 1 nitrogen and oxygen atoms in total. The van der Waals surface area contributed by atoms with Gasteiger partial charge in [-0.3, -0.25) is 4.79 Å². The second kappa shape index (κ2) is 3.02. The van der Waals surface area contributed by atoms with Crippen molar-refractivity contribution in [1.82, 2.24) is 0 Å². The summed E-state index contributed by atoms with van der Waals surface area (Å²) >= 11 is 3.39. The summed E-state index contributed by atoms with van der Waals surface area (Å²) in [7, 11) is 0. The predicted octanol–water partition coefficient (Wildman–Crippen LogP) is 2.90. The Balaban J connectivity index is 2.28. The van der Waals surface area contributed by atoms with Crippen LogP contribution in [0, 0.1) is 0 Å². The number of Topliss-reactive ketones (excluding diaryl/α,β-unsaturated/α-hetero) is 1. The highest BCUT2D eigenvalue weighted by Gasteiger charge is 2.29. The second-order valence-corrected chi connectivity index (χ2v) is 4.03. The van der Waals surface area contributed by atoms with Crippen LogP contribution in [0.3, 0.4) is 0 Å². The maximum Gasteiger partial charge on any atom is 0.140 e. The number of ketones is 1. The normalized spacial score (nSPS) is 22.1. The summed E-state index contributed by atoms with van der Waals surface area (Å²) < 4.78 is 1.06. The van der Waals surface area contributed by atoms with E-state index < -0.39 is 0 Å². The van der Waals surface area contributed by atoms with Crippen LogP contribution in [0.5, 0.6) is 0 Å². The summed E-state index contributed by atoms with van der Waals surface area (Å²) in [4.78, 5) is 11.1. The molecule has 2 heteroatoms. The number of halogens is 1. The van der Waals surface area contributed by atoms with E-state index >= 15 is 0 Å². The lowest BCUT2D eigenvalue weighted by atomic mass is 9.79. The Morgan fingerprint density at radius 1 is 1.42 bits per heavy atom. The first-order chi connectivity index (χ1) is 5.77. The van der Waals surface area contributed by atoms with Crippen LogP contribution in [0.15, 0.2) is 28.7 Å². The molecule has 0 saturated heterocycles. The largest absolute Gasteiger partial charge is 0.299 e. The highest BCUT2D eigenvalue weighted by molar-refractivity contribution is 9.10. The van der Waals surface area contributed by atoms with Crippen molar-refractivity contribution in [2.45, 2.75) is 18.8 Å². The lowest BCUT2D eigenvalue weighted by Gasteiger charge is -2.24. The van der Waals surface area contributed by atoms with Gasteiger partial charge in [-0.2, -0.15) is 0 Å². The van der Waals surface area contributed by atoms with Crippen molar-refractivity contribution in [2.75, 3.05) is 0 Å². The highest BCUT2D eigenvalue weighted by Crippen LogP contribution is 2.33. The maximum absolute atomic E-state index is 11.1. The maximum atomic E-state index is 11.1. The topological polar surface area (TPSA) is 17.1 Å². The standard InChI is InChI=1S/C10H9BrO/c11-8-3-1-2-7(6-8)9-4-5-10(9)12/h1-3,6,9H,4-5H2. The fraction of sp³-hybridized carbons (Fsp3) is 0.300. The van der Waals surface area contributed by atoms with Gasteiger partial charge in [-0.1, -0.05) is 28.1 Å². The third-order valence-corrected chi connectivity index (χ3v) is 2.81.